The van der Waals surface area contributed by atoms with Gasteiger partial charge in [-0.05, 0) is 12.8 Å². The van der Waals surface area contributed by atoms with Crippen molar-refractivity contribution in [2.24, 2.45) is 0 Å². The number of nitrogens with one attached hydrogen (secondary N) is 1. The van der Waals surface area contributed by atoms with E-state index in [1.54, 1.807) is 0 Å². The summed E-state index contributed by atoms with van der Waals surface area (Å²) in [7, 11) is 0. The molecule has 2 N–H and O–H groups in total. The van der Waals surface area contributed by atoms with Crippen molar-refractivity contribution in [1.82, 2.24) is 5.32 Å². The minimum atomic E-state index is -0.977. The first-order valence-corrected chi connectivity index (χ1v) is 3.46. The van der Waals surface area contributed by atoms with Gasteiger partial charge in [-0.15, -0.1) is 0 Å². The number of hydrogen-bond acceptors (Lipinski definition) is 2. The fraction of sp³-hybridized carbons (Fsp3) is 0.571. The first kappa shape index (κ1) is 9.81. The third-order valence-corrected chi connectivity index (χ3v) is 1.08. The number of carboxylic acid groups (broad SMARTS) is 1. The van der Waals surface area contributed by atoms with Gasteiger partial charge in [0.25, 0.3) is 0 Å². The summed E-state index contributed by atoms with van der Waals surface area (Å²) < 4.78 is 4.83. The highest BCUT2D eigenvalue weighted by molar-refractivity contribution is 5.64. The van der Waals surface area contributed by atoms with Crippen molar-refractivity contribution in [1.29, 1.82) is 0 Å². The lowest BCUT2D eigenvalue weighted by molar-refractivity contribution is 0.193. The first-order chi connectivity index (χ1) is 5.27. The predicted octanol–water partition coefficient (Wildman–Crippen LogP) is 1.19. The van der Waals surface area contributed by atoms with E-state index in [0.717, 1.165) is 12.8 Å². The average Bonchev–Trinajstić information content (AvgIpc) is 1.96. The van der Waals surface area contributed by atoms with Gasteiger partial charge in [0.05, 0.1) is 12.9 Å². The molecule has 0 aromatic rings. The minimum absolute atomic E-state index is 0.482. The highest BCUT2D eigenvalue weighted by Crippen LogP contribution is 1.87. The monoisotopic (exact) mass is 159 g/mol. The number of ether oxygens (including phenoxy) is 1. The van der Waals surface area contributed by atoms with Crippen LogP contribution in [0.15, 0.2) is 12.8 Å². The molecule has 0 fully saturated rings. The number of carbonyl (C=O) groups is 1. The van der Waals surface area contributed by atoms with Gasteiger partial charge < -0.3 is 15.2 Å². The van der Waals surface area contributed by atoms with Crippen molar-refractivity contribution >= 4 is 6.09 Å². The molecule has 0 aliphatic heterocycles. The van der Waals surface area contributed by atoms with E-state index in [9.17, 15) is 4.79 Å². The number of rotatable bonds is 6. The van der Waals surface area contributed by atoms with E-state index in [1.165, 1.54) is 6.26 Å². The van der Waals surface area contributed by atoms with Gasteiger partial charge in [0.2, 0.25) is 0 Å². The molecule has 0 aliphatic rings. The van der Waals surface area contributed by atoms with Crippen LogP contribution in [0, 0.1) is 0 Å². The maximum Gasteiger partial charge on any atom is 0.404 e. The lowest BCUT2D eigenvalue weighted by Gasteiger charge is -2.00. The molecule has 0 unspecified atom stereocenters. The van der Waals surface area contributed by atoms with Crippen LogP contribution in [0.4, 0.5) is 4.79 Å². The van der Waals surface area contributed by atoms with Crippen LogP contribution in [0.1, 0.15) is 12.8 Å². The lowest BCUT2D eigenvalue weighted by atomic mass is 10.3. The van der Waals surface area contributed by atoms with Gasteiger partial charge in [-0.1, -0.05) is 6.58 Å². The van der Waals surface area contributed by atoms with E-state index in [1.807, 2.05) is 0 Å². The van der Waals surface area contributed by atoms with E-state index in [0.29, 0.717) is 13.2 Å². The fourth-order valence-electron chi connectivity index (χ4n) is 0.589. The second-order valence-electron chi connectivity index (χ2n) is 1.98. The quantitative estimate of drug-likeness (QED) is 0.452. The molecular formula is C7H13NO3. The summed E-state index contributed by atoms with van der Waals surface area (Å²) in [5.74, 6) is 0. The summed E-state index contributed by atoms with van der Waals surface area (Å²) in [4.78, 5) is 9.93. The smallest absolute Gasteiger partial charge is 0.404 e. The summed E-state index contributed by atoms with van der Waals surface area (Å²) in [6, 6.07) is 0. The summed E-state index contributed by atoms with van der Waals surface area (Å²) in [6.07, 6.45) is 2.03. The molecule has 0 saturated heterocycles. The predicted molar refractivity (Wildman–Crippen MR) is 41.4 cm³/mol. The van der Waals surface area contributed by atoms with Crippen molar-refractivity contribution in [3.8, 4) is 0 Å². The number of hydrogen-bond donors (Lipinski definition) is 2. The Morgan fingerprint density at radius 3 is 2.91 bits per heavy atom. The van der Waals surface area contributed by atoms with Gasteiger partial charge in [-0.25, -0.2) is 4.79 Å². The SMILES string of the molecule is C=COCCCCNC(=O)O. The van der Waals surface area contributed by atoms with Crippen LogP contribution in [0.2, 0.25) is 0 Å². The second-order valence-corrected chi connectivity index (χ2v) is 1.98. The van der Waals surface area contributed by atoms with Crippen molar-refractivity contribution in [3.63, 3.8) is 0 Å². The Morgan fingerprint density at radius 2 is 2.36 bits per heavy atom. The zero-order chi connectivity index (χ0) is 8.53. The summed E-state index contributed by atoms with van der Waals surface area (Å²) in [6.45, 7) is 4.46. The van der Waals surface area contributed by atoms with E-state index < -0.39 is 6.09 Å². The lowest BCUT2D eigenvalue weighted by Crippen LogP contribution is -2.21. The Balaban J connectivity index is 2.90. The first-order valence-electron chi connectivity index (χ1n) is 3.46. The van der Waals surface area contributed by atoms with Crippen LogP contribution >= 0.6 is 0 Å². The van der Waals surface area contributed by atoms with Crippen LogP contribution in [0.3, 0.4) is 0 Å². The molecule has 64 valence electrons. The molecule has 0 atom stereocenters. The molecule has 0 aliphatic carbocycles. The second kappa shape index (κ2) is 6.92. The van der Waals surface area contributed by atoms with Gasteiger partial charge in [-0.3, -0.25) is 0 Å². The van der Waals surface area contributed by atoms with Crippen LogP contribution < -0.4 is 5.32 Å². The average molecular weight is 159 g/mol. The van der Waals surface area contributed by atoms with Gasteiger partial charge in [0.15, 0.2) is 0 Å². The molecular weight excluding hydrogens is 146 g/mol. The number of amides is 1. The zero-order valence-corrected chi connectivity index (χ0v) is 6.38. The van der Waals surface area contributed by atoms with Gasteiger partial charge in [-0.2, -0.15) is 0 Å². The number of unbranched alkanes of at least 4 members (excludes halogenated alkanes) is 1. The van der Waals surface area contributed by atoms with Gasteiger partial charge in [0.1, 0.15) is 0 Å². The van der Waals surface area contributed by atoms with Crippen LogP contribution in [0.5, 0.6) is 0 Å². The zero-order valence-electron chi connectivity index (χ0n) is 6.38. The Labute approximate surface area is 65.9 Å². The third kappa shape index (κ3) is 8.81. The van der Waals surface area contributed by atoms with Crippen molar-refractivity contribution in [3.05, 3.63) is 12.8 Å². The Bertz CT molecular complexity index is 125. The van der Waals surface area contributed by atoms with Crippen LogP contribution in [0.25, 0.3) is 0 Å². The molecule has 0 bridgehead atoms. The summed E-state index contributed by atoms with van der Waals surface area (Å²) >= 11 is 0. The molecule has 1 amide bonds. The molecule has 0 aromatic heterocycles. The maximum absolute atomic E-state index is 9.93. The van der Waals surface area contributed by atoms with Crippen LogP contribution in [-0.4, -0.2) is 24.4 Å². The third-order valence-electron chi connectivity index (χ3n) is 1.08. The van der Waals surface area contributed by atoms with Crippen molar-refractivity contribution in [2.75, 3.05) is 13.2 Å². The normalized spacial score (nSPS) is 8.73. The highest BCUT2D eigenvalue weighted by atomic mass is 16.5. The molecule has 0 aromatic carbocycles. The van der Waals surface area contributed by atoms with E-state index in [2.05, 4.69) is 11.9 Å². The van der Waals surface area contributed by atoms with Crippen molar-refractivity contribution < 1.29 is 14.6 Å². The maximum atomic E-state index is 9.93. The Kier molecular flexibility index (Phi) is 6.17. The summed E-state index contributed by atoms with van der Waals surface area (Å²) in [5.41, 5.74) is 0. The van der Waals surface area contributed by atoms with Gasteiger partial charge >= 0.3 is 6.09 Å². The van der Waals surface area contributed by atoms with E-state index >= 15 is 0 Å². The molecule has 0 saturated carbocycles. The van der Waals surface area contributed by atoms with Gasteiger partial charge in [0, 0.05) is 6.54 Å². The van der Waals surface area contributed by atoms with E-state index in [-0.39, 0.29) is 0 Å². The Hall–Kier alpha value is -1.19. The highest BCUT2D eigenvalue weighted by Gasteiger charge is 1.92. The molecule has 0 spiro atoms. The fourth-order valence-corrected chi connectivity index (χ4v) is 0.589. The van der Waals surface area contributed by atoms with E-state index in [4.69, 9.17) is 9.84 Å². The standard InChI is InChI=1S/C7H13NO3/c1-2-11-6-4-3-5-8-7(9)10/h2,8H,1,3-6H2,(H,9,10). The minimum Gasteiger partial charge on any atom is -0.502 e. The molecule has 0 radical (unpaired) electrons. The molecule has 11 heavy (non-hydrogen) atoms. The summed E-state index contributed by atoms with van der Waals surface area (Å²) in [5, 5.41) is 10.4. The molecule has 4 nitrogen and oxygen atoms in total. The molecule has 0 heterocycles. The van der Waals surface area contributed by atoms with Crippen LogP contribution in [-0.2, 0) is 4.74 Å². The topological polar surface area (TPSA) is 58.6 Å². The Morgan fingerprint density at radius 1 is 1.64 bits per heavy atom. The largest absolute Gasteiger partial charge is 0.502 e. The molecule has 4 heteroatoms. The molecule has 0 rings (SSSR count). The van der Waals surface area contributed by atoms with Crippen molar-refractivity contribution in [2.45, 2.75) is 12.8 Å².